The third-order valence-electron chi connectivity index (χ3n) is 4.25. The Hall–Kier alpha value is -1.56. The van der Waals surface area contributed by atoms with Crippen LogP contribution in [0.4, 0.5) is 5.95 Å². The number of rotatable bonds is 9. The standard InChI is InChI=1S/C11H18N5O14P3/c12-10-14-7-5(8(18)15-10)13-4-16(7)9-6(17)11(19,3-27-9)1-2-28-32(23,24)30-33(25,26)29-31(20,21)22/h4,6,9,17,19H,1-3H2,(H,23,24)(H,25,26)(H2,20,21,22)(H3,12,14,15,18)/t6-,9+,11+/m0/s1. The summed E-state index contributed by atoms with van der Waals surface area (Å²) in [5.41, 5.74) is 2.57. The minimum absolute atomic E-state index is 0.0576. The van der Waals surface area contributed by atoms with Crippen molar-refractivity contribution < 1.29 is 61.4 Å². The van der Waals surface area contributed by atoms with Crippen molar-refractivity contribution in [2.24, 2.45) is 0 Å². The molecule has 1 aliphatic rings. The van der Waals surface area contributed by atoms with Gasteiger partial charge in [0.15, 0.2) is 17.4 Å². The van der Waals surface area contributed by atoms with Gasteiger partial charge in [-0.2, -0.15) is 13.6 Å². The van der Waals surface area contributed by atoms with Crippen molar-refractivity contribution in [2.45, 2.75) is 24.4 Å². The average Bonchev–Trinajstić information content (AvgIpc) is 3.13. The van der Waals surface area contributed by atoms with Crippen LogP contribution in [0, 0.1) is 0 Å². The zero-order chi connectivity index (χ0) is 24.8. The molecule has 1 fully saturated rings. The molecule has 2 aromatic rings. The minimum Gasteiger partial charge on any atom is -0.385 e. The number of nitrogen functional groups attached to an aromatic ring is 1. The largest absolute Gasteiger partial charge is 0.490 e. The summed E-state index contributed by atoms with van der Waals surface area (Å²) in [6.07, 6.45) is -2.49. The number of aromatic nitrogens is 4. The van der Waals surface area contributed by atoms with Crippen LogP contribution in [-0.4, -0.2) is 74.2 Å². The fourth-order valence-corrected chi connectivity index (χ4v) is 5.91. The number of hydrogen-bond donors (Lipinski definition) is 8. The zero-order valence-electron chi connectivity index (χ0n) is 16.1. The van der Waals surface area contributed by atoms with Crippen LogP contribution in [0.1, 0.15) is 12.6 Å². The van der Waals surface area contributed by atoms with E-state index in [0.29, 0.717) is 0 Å². The number of nitrogens with two attached hydrogens (primary N) is 1. The summed E-state index contributed by atoms with van der Waals surface area (Å²) in [6.45, 7) is -1.39. The highest BCUT2D eigenvalue weighted by Crippen LogP contribution is 2.66. The molecule has 2 aromatic heterocycles. The number of aliphatic hydroxyl groups is 2. The molecule has 5 atom stereocenters. The van der Waals surface area contributed by atoms with E-state index >= 15 is 0 Å². The number of nitrogens with one attached hydrogen (secondary N) is 1. The van der Waals surface area contributed by atoms with Gasteiger partial charge in [-0.3, -0.25) is 18.9 Å². The van der Waals surface area contributed by atoms with Crippen LogP contribution >= 0.6 is 23.5 Å². The number of ether oxygens (including phenoxy) is 1. The monoisotopic (exact) mass is 537 g/mol. The number of nitrogens with zero attached hydrogens (tertiary/aromatic N) is 3. The number of phosphoric ester groups is 1. The highest BCUT2D eigenvalue weighted by molar-refractivity contribution is 7.66. The molecule has 19 nitrogen and oxygen atoms in total. The fraction of sp³-hybridized carbons (Fsp3) is 0.545. The Morgan fingerprint density at radius 1 is 1.24 bits per heavy atom. The van der Waals surface area contributed by atoms with Crippen molar-refractivity contribution in [3.8, 4) is 0 Å². The molecule has 1 saturated heterocycles. The summed E-state index contributed by atoms with van der Waals surface area (Å²) in [5.74, 6) is -0.243. The minimum atomic E-state index is -5.70. The third kappa shape index (κ3) is 6.12. The molecule has 186 valence electrons. The maximum absolute atomic E-state index is 11.9. The maximum atomic E-state index is 11.9. The first-order valence-corrected chi connectivity index (χ1v) is 13.1. The lowest BCUT2D eigenvalue weighted by Crippen LogP contribution is -2.43. The molecular formula is C11H18N5O14P3. The molecule has 3 heterocycles. The van der Waals surface area contributed by atoms with Crippen molar-refractivity contribution in [2.75, 3.05) is 18.9 Å². The summed E-state index contributed by atoms with van der Waals surface area (Å²) in [7, 11) is -16.7. The van der Waals surface area contributed by atoms with Crippen LogP contribution in [-0.2, 0) is 31.6 Å². The predicted molar refractivity (Wildman–Crippen MR) is 103 cm³/mol. The molecular weight excluding hydrogens is 519 g/mol. The number of aliphatic hydroxyl groups excluding tert-OH is 1. The molecule has 0 aromatic carbocycles. The number of phosphoric acid groups is 3. The van der Waals surface area contributed by atoms with Gasteiger partial charge in [-0.15, -0.1) is 0 Å². The predicted octanol–water partition coefficient (Wildman–Crippen LogP) is -1.94. The number of aromatic amines is 1. The second-order valence-electron chi connectivity index (χ2n) is 6.70. The molecule has 0 spiro atoms. The first-order chi connectivity index (χ1) is 15.0. The van der Waals surface area contributed by atoms with Crippen LogP contribution < -0.4 is 11.3 Å². The SMILES string of the molecule is Nc1nc2c(ncn2[C@@H]2OC[C@](O)(CCOP(=O)(O)OP(=O)(O)OP(=O)(O)O)[C@H]2O)c(=O)[nH]1. The Bertz CT molecular complexity index is 1240. The molecule has 0 saturated carbocycles. The van der Waals surface area contributed by atoms with Crippen LogP contribution in [0.5, 0.6) is 0 Å². The lowest BCUT2D eigenvalue weighted by Gasteiger charge is -2.26. The van der Waals surface area contributed by atoms with Gasteiger partial charge in [0.1, 0.15) is 11.7 Å². The molecule has 9 N–H and O–H groups in total. The van der Waals surface area contributed by atoms with Gasteiger partial charge in [-0.25, -0.2) is 18.7 Å². The van der Waals surface area contributed by atoms with Gasteiger partial charge in [-0.1, -0.05) is 0 Å². The van der Waals surface area contributed by atoms with E-state index in [1.54, 1.807) is 0 Å². The van der Waals surface area contributed by atoms with E-state index in [2.05, 4.69) is 28.1 Å². The van der Waals surface area contributed by atoms with E-state index in [1.165, 1.54) is 0 Å². The van der Waals surface area contributed by atoms with Crippen LogP contribution in [0.25, 0.3) is 11.2 Å². The Morgan fingerprint density at radius 2 is 1.91 bits per heavy atom. The van der Waals surface area contributed by atoms with Crippen LogP contribution in [0.2, 0.25) is 0 Å². The molecule has 1 aliphatic heterocycles. The zero-order valence-corrected chi connectivity index (χ0v) is 18.7. The van der Waals surface area contributed by atoms with Gasteiger partial charge in [0.2, 0.25) is 5.95 Å². The maximum Gasteiger partial charge on any atom is 0.490 e. The second-order valence-corrected chi connectivity index (χ2v) is 11.1. The topological polar surface area (TPSA) is 299 Å². The molecule has 0 bridgehead atoms. The first kappa shape index (κ1) is 26.1. The van der Waals surface area contributed by atoms with Gasteiger partial charge in [0.25, 0.3) is 5.56 Å². The van der Waals surface area contributed by atoms with Gasteiger partial charge in [0, 0.05) is 6.42 Å². The van der Waals surface area contributed by atoms with Gasteiger partial charge < -0.3 is 40.3 Å². The molecule has 3 rings (SSSR count). The number of H-pyrrole nitrogens is 1. The Kier molecular flexibility index (Phi) is 7.03. The molecule has 0 radical (unpaired) electrons. The lowest BCUT2D eigenvalue weighted by molar-refractivity contribution is -0.0704. The Labute approximate surface area is 182 Å². The van der Waals surface area contributed by atoms with E-state index in [0.717, 1.165) is 10.9 Å². The van der Waals surface area contributed by atoms with E-state index in [9.17, 15) is 33.6 Å². The third-order valence-corrected chi connectivity index (χ3v) is 8.09. The molecule has 0 amide bonds. The van der Waals surface area contributed by atoms with Gasteiger partial charge in [-0.05, 0) is 0 Å². The van der Waals surface area contributed by atoms with Crippen molar-refractivity contribution >= 4 is 40.6 Å². The molecule has 2 unspecified atom stereocenters. The highest BCUT2D eigenvalue weighted by atomic mass is 31.3. The van der Waals surface area contributed by atoms with Crippen molar-refractivity contribution in [3.63, 3.8) is 0 Å². The summed E-state index contributed by atoms with van der Waals surface area (Å²) in [5, 5.41) is 21.2. The summed E-state index contributed by atoms with van der Waals surface area (Å²) in [6, 6.07) is 0. The summed E-state index contributed by atoms with van der Waals surface area (Å²) in [4.78, 5) is 57.4. The smallest absolute Gasteiger partial charge is 0.385 e. The Morgan fingerprint density at radius 3 is 2.55 bits per heavy atom. The average molecular weight is 537 g/mol. The number of imidazole rings is 1. The van der Waals surface area contributed by atoms with Crippen molar-refractivity contribution in [1.82, 2.24) is 19.5 Å². The van der Waals surface area contributed by atoms with E-state index in [-0.39, 0.29) is 17.1 Å². The first-order valence-electron chi connectivity index (χ1n) is 8.55. The Balaban J connectivity index is 1.66. The van der Waals surface area contributed by atoms with E-state index in [4.69, 9.17) is 25.2 Å². The highest BCUT2D eigenvalue weighted by Gasteiger charge is 2.49. The summed E-state index contributed by atoms with van der Waals surface area (Å²) >= 11 is 0. The fourth-order valence-electron chi connectivity index (χ4n) is 2.89. The van der Waals surface area contributed by atoms with Crippen LogP contribution in [0.15, 0.2) is 11.1 Å². The van der Waals surface area contributed by atoms with Gasteiger partial charge >= 0.3 is 23.5 Å². The number of anilines is 1. The van der Waals surface area contributed by atoms with Crippen LogP contribution in [0.3, 0.4) is 0 Å². The van der Waals surface area contributed by atoms with Crippen molar-refractivity contribution in [1.29, 1.82) is 0 Å². The van der Waals surface area contributed by atoms with E-state index in [1.807, 2.05) is 0 Å². The number of hydrogen-bond acceptors (Lipinski definition) is 13. The molecule has 22 heteroatoms. The van der Waals surface area contributed by atoms with Crippen molar-refractivity contribution in [3.05, 3.63) is 16.7 Å². The number of fused-ring (bicyclic) bond motifs is 1. The van der Waals surface area contributed by atoms with Gasteiger partial charge in [0.05, 0.1) is 19.5 Å². The molecule has 0 aliphatic carbocycles. The quantitative estimate of drug-likeness (QED) is 0.161. The normalized spacial score (nSPS) is 27.5. The molecule has 33 heavy (non-hydrogen) atoms. The van der Waals surface area contributed by atoms with E-state index < -0.39 is 66.6 Å². The lowest BCUT2D eigenvalue weighted by atomic mass is 9.95. The summed E-state index contributed by atoms with van der Waals surface area (Å²) < 4.78 is 51.6. The second kappa shape index (κ2) is 8.90.